The molecule has 0 saturated carbocycles. The number of rotatable bonds is 3. The maximum Gasteiger partial charge on any atom is 0.187 e. The van der Waals surface area contributed by atoms with Crippen molar-refractivity contribution in [1.82, 2.24) is 0 Å². The number of hydrogen-bond acceptors (Lipinski definition) is 2. The van der Waals surface area contributed by atoms with Gasteiger partial charge in [-0.2, -0.15) is 0 Å². The summed E-state index contributed by atoms with van der Waals surface area (Å²) in [5.74, 6) is -2.93. The second-order valence-electron chi connectivity index (χ2n) is 4.34. The molecule has 2 aromatic carbocycles. The predicted octanol–water partition coefficient (Wildman–Crippen LogP) is 5.01. The first-order chi connectivity index (χ1) is 9.38. The summed E-state index contributed by atoms with van der Waals surface area (Å²) in [6.45, 7) is 2.08. The van der Waals surface area contributed by atoms with Crippen LogP contribution in [-0.2, 0) is 6.54 Å². The third kappa shape index (κ3) is 3.22. The highest BCUT2D eigenvalue weighted by molar-refractivity contribution is 9.10. The van der Waals surface area contributed by atoms with Crippen molar-refractivity contribution in [3.8, 4) is 5.75 Å². The third-order valence-electron chi connectivity index (χ3n) is 2.81. The lowest BCUT2D eigenvalue weighted by atomic mass is 10.2. The van der Waals surface area contributed by atoms with Crippen molar-refractivity contribution in [1.29, 1.82) is 0 Å². The standard InChI is InChI=1S/C14H11BrClF2NO/c1-7-2-9(15)13(5-10(7)16)19-6-8-3-11(17)14(20)12(18)4-8/h2-5,19-20H,6H2,1H3. The van der Waals surface area contributed by atoms with E-state index in [4.69, 9.17) is 16.7 Å². The van der Waals surface area contributed by atoms with E-state index in [-0.39, 0.29) is 6.54 Å². The van der Waals surface area contributed by atoms with E-state index in [1.165, 1.54) is 0 Å². The summed E-state index contributed by atoms with van der Waals surface area (Å²) in [7, 11) is 0. The summed E-state index contributed by atoms with van der Waals surface area (Å²) < 4.78 is 27.2. The maximum absolute atomic E-state index is 13.2. The largest absolute Gasteiger partial charge is 0.503 e. The lowest BCUT2D eigenvalue weighted by Gasteiger charge is -2.11. The zero-order valence-corrected chi connectivity index (χ0v) is 12.8. The quantitative estimate of drug-likeness (QED) is 0.805. The fraction of sp³-hybridized carbons (Fsp3) is 0.143. The van der Waals surface area contributed by atoms with E-state index in [0.717, 1.165) is 27.9 Å². The molecule has 0 aromatic heterocycles. The Morgan fingerprint density at radius 3 is 2.40 bits per heavy atom. The molecule has 0 aliphatic heterocycles. The monoisotopic (exact) mass is 361 g/mol. The number of halogens is 4. The molecule has 20 heavy (non-hydrogen) atoms. The molecule has 0 radical (unpaired) electrons. The van der Waals surface area contributed by atoms with Gasteiger partial charge >= 0.3 is 0 Å². The van der Waals surface area contributed by atoms with Crippen molar-refractivity contribution < 1.29 is 13.9 Å². The van der Waals surface area contributed by atoms with Gasteiger partial charge in [-0.05, 0) is 58.2 Å². The molecule has 0 atom stereocenters. The van der Waals surface area contributed by atoms with Gasteiger partial charge in [-0.15, -0.1) is 0 Å². The van der Waals surface area contributed by atoms with E-state index in [9.17, 15) is 8.78 Å². The van der Waals surface area contributed by atoms with Gasteiger partial charge in [-0.3, -0.25) is 0 Å². The van der Waals surface area contributed by atoms with Gasteiger partial charge in [0.2, 0.25) is 0 Å². The zero-order chi connectivity index (χ0) is 14.9. The van der Waals surface area contributed by atoms with Crippen LogP contribution < -0.4 is 5.32 Å². The number of benzene rings is 2. The van der Waals surface area contributed by atoms with Crippen molar-refractivity contribution in [2.45, 2.75) is 13.5 Å². The van der Waals surface area contributed by atoms with E-state index < -0.39 is 17.4 Å². The Hall–Kier alpha value is -1.33. The molecular weight excluding hydrogens is 352 g/mol. The summed E-state index contributed by atoms with van der Waals surface area (Å²) in [4.78, 5) is 0. The molecule has 6 heteroatoms. The van der Waals surface area contributed by atoms with Crippen LogP contribution in [0.25, 0.3) is 0 Å². The molecule has 0 heterocycles. The van der Waals surface area contributed by atoms with E-state index in [2.05, 4.69) is 21.2 Å². The summed E-state index contributed by atoms with van der Waals surface area (Å²) in [5, 5.41) is 12.7. The van der Waals surface area contributed by atoms with Crippen LogP contribution in [0.2, 0.25) is 5.02 Å². The normalized spacial score (nSPS) is 10.7. The third-order valence-corrected chi connectivity index (χ3v) is 3.87. The topological polar surface area (TPSA) is 32.3 Å². The molecule has 2 aromatic rings. The Kier molecular flexibility index (Phi) is 4.50. The van der Waals surface area contributed by atoms with E-state index in [0.29, 0.717) is 10.6 Å². The minimum atomic E-state index is -0.984. The van der Waals surface area contributed by atoms with Crippen LogP contribution in [0.1, 0.15) is 11.1 Å². The second-order valence-corrected chi connectivity index (χ2v) is 5.60. The molecule has 0 aliphatic carbocycles. The minimum Gasteiger partial charge on any atom is -0.503 e. The molecule has 0 aliphatic rings. The van der Waals surface area contributed by atoms with Gasteiger partial charge in [0.15, 0.2) is 17.4 Å². The molecule has 0 amide bonds. The fourth-order valence-corrected chi connectivity index (χ4v) is 2.46. The number of aryl methyl sites for hydroxylation is 1. The highest BCUT2D eigenvalue weighted by Crippen LogP contribution is 2.30. The first-order valence-corrected chi connectivity index (χ1v) is 6.92. The van der Waals surface area contributed by atoms with Gasteiger partial charge in [-0.25, -0.2) is 8.78 Å². The SMILES string of the molecule is Cc1cc(Br)c(NCc2cc(F)c(O)c(F)c2)cc1Cl. The number of aromatic hydroxyl groups is 1. The van der Waals surface area contributed by atoms with Gasteiger partial charge in [0.25, 0.3) is 0 Å². The van der Waals surface area contributed by atoms with Crippen molar-refractivity contribution in [2.24, 2.45) is 0 Å². The van der Waals surface area contributed by atoms with Crippen LogP contribution >= 0.6 is 27.5 Å². The van der Waals surface area contributed by atoms with E-state index in [1.54, 1.807) is 6.07 Å². The molecule has 2 rings (SSSR count). The highest BCUT2D eigenvalue weighted by atomic mass is 79.9. The molecule has 0 unspecified atom stereocenters. The summed E-state index contributed by atoms with van der Waals surface area (Å²) >= 11 is 9.41. The maximum atomic E-state index is 13.2. The van der Waals surface area contributed by atoms with Crippen molar-refractivity contribution in [2.75, 3.05) is 5.32 Å². The smallest absolute Gasteiger partial charge is 0.187 e. The molecule has 0 saturated heterocycles. The fourth-order valence-electron chi connectivity index (χ4n) is 1.70. The Balaban J connectivity index is 2.19. The van der Waals surface area contributed by atoms with Gasteiger partial charge < -0.3 is 10.4 Å². The molecule has 0 fully saturated rings. The van der Waals surface area contributed by atoms with Crippen LogP contribution in [0.3, 0.4) is 0 Å². The number of nitrogens with one attached hydrogen (secondary N) is 1. The van der Waals surface area contributed by atoms with Gasteiger partial charge in [0.1, 0.15) is 0 Å². The predicted molar refractivity (Wildman–Crippen MR) is 79.2 cm³/mol. The van der Waals surface area contributed by atoms with Crippen molar-refractivity contribution in [3.63, 3.8) is 0 Å². The van der Waals surface area contributed by atoms with E-state index >= 15 is 0 Å². The molecule has 0 spiro atoms. The summed E-state index contributed by atoms with van der Waals surface area (Å²) in [6, 6.07) is 5.74. The van der Waals surface area contributed by atoms with Gasteiger partial charge in [-0.1, -0.05) is 11.6 Å². The molecule has 0 bridgehead atoms. The van der Waals surface area contributed by atoms with Crippen LogP contribution in [0.15, 0.2) is 28.7 Å². The Morgan fingerprint density at radius 2 is 1.80 bits per heavy atom. The number of hydrogen-bond donors (Lipinski definition) is 2. The number of anilines is 1. The summed E-state index contributed by atoms with van der Waals surface area (Å²) in [6.07, 6.45) is 0. The van der Waals surface area contributed by atoms with Gasteiger partial charge in [0, 0.05) is 16.0 Å². The first-order valence-electron chi connectivity index (χ1n) is 5.75. The second kappa shape index (κ2) is 5.97. The van der Waals surface area contributed by atoms with Crippen LogP contribution in [0, 0.1) is 18.6 Å². The Morgan fingerprint density at radius 1 is 1.20 bits per heavy atom. The lowest BCUT2D eigenvalue weighted by Crippen LogP contribution is -2.02. The van der Waals surface area contributed by atoms with Crippen LogP contribution in [-0.4, -0.2) is 5.11 Å². The zero-order valence-electron chi connectivity index (χ0n) is 10.5. The highest BCUT2D eigenvalue weighted by Gasteiger charge is 2.10. The summed E-state index contributed by atoms with van der Waals surface area (Å²) in [5.41, 5.74) is 2.02. The minimum absolute atomic E-state index is 0.201. The first kappa shape index (κ1) is 15.1. The average molecular weight is 363 g/mol. The van der Waals surface area contributed by atoms with Crippen LogP contribution in [0.4, 0.5) is 14.5 Å². The average Bonchev–Trinajstić information content (AvgIpc) is 2.38. The number of phenolic OH excluding ortho intramolecular Hbond substituents is 1. The Bertz CT molecular complexity index is 641. The van der Waals surface area contributed by atoms with Crippen LogP contribution in [0.5, 0.6) is 5.75 Å². The number of phenols is 1. The van der Waals surface area contributed by atoms with Gasteiger partial charge in [0.05, 0.1) is 5.69 Å². The molecule has 2 N–H and O–H groups in total. The molecule has 106 valence electrons. The van der Waals surface area contributed by atoms with E-state index in [1.807, 2.05) is 13.0 Å². The molecular formula is C14H11BrClF2NO. The van der Waals surface area contributed by atoms with Crippen molar-refractivity contribution >= 4 is 33.2 Å². The molecule has 2 nitrogen and oxygen atoms in total. The van der Waals surface area contributed by atoms with Crippen molar-refractivity contribution in [3.05, 3.63) is 56.5 Å². The Labute approximate surface area is 128 Å². The lowest BCUT2D eigenvalue weighted by molar-refractivity contribution is 0.395.